The van der Waals surface area contributed by atoms with Crippen LogP contribution in [0.3, 0.4) is 0 Å². The minimum absolute atomic E-state index is 0. The maximum atomic E-state index is 0. The summed E-state index contributed by atoms with van der Waals surface area (Å²) in [5.74, 6) is 0. The molecule has 0 aromatic rings. The normalized spacial score (nSPS) is 0. The molecule has 0 fully saturated rings. The Morgan fingerprint density at radius 2 is 0.750 bits per heavy atom. The minimum Gasteiger partial charge on any atom is -1.00 e. The van der Waals surface area contributed by atoms with Gasteiger partial charge in [0.2, 0.25) is 0 Å². The first-order valence-electron chi connectivity index (χ1n) is 0. The SMILES string of the molecule is [Cl-].[Cl-].[Cl-].[H-].[Zr+4]. The van der Waals surface area contributed by atoms with Gasteiger partial charge in [0.15, 0.2) is 0 Å². The quantitative estimate of drug-likeness (QED) is 0.363. The molecule has 0 rings (SSSR count). The van der Waals surface area contributed by atoms with Crippen molar-refractivity contribution in [3.63, 3.8) is 0 Å². The summed E-state index contributed by atoms with van der Waals surface area (Å²) in [6.07, 6.45) is 0. The van der Waals surface area contributed by atoms with Crippen LogP contribution in [0.25, 0.3) is 0 Å². The molecule has 0 saturated heterocycles. The number of rotatable bonds is 0. The monoisotopic (exact) mass is 196 g/mol. The second kappa shape index (κ2) is 21.8. The van der Waals surface area contributed by atoms with Gasteiger partial charge >= 0.3 is 26.2 Å². The molecule has 0 bridgehead atoms. The summed E-state index contributed by atoms with van der Waals surface area (Å²) in [5, 5.41) is 0. The molecule has 0 atom stereocenters. The summed E-state index contributed by atoms with van der Waals surface area (Å²) in [6, 6.07) is 0. The van der Waals surface area contributed by atoms with Crippen molar-refractivity contribution >= 4 is 0 Å². The Morgan fingerprint density at radius 3 is 0.750 bits per heavy atom. The van der Waals surface area contributed by atoms with Crippen LogP contribution in [-0.4, -0.2) is 0 Å². The van der Waals surface area contributed by atoms with E-state index in [1.54, 1.807) is 0 Å². The van der Waals surface area contributed by atoms with Crippen LogP contribution in [-0.2, 0) is 26.2 Å². The Labute approximate surface area is 64.6 Å². The molecule has 0 aliphatic carbocycles. The first-order valence-corrected chi connectivity index (χ1v) is 0. The fraction of sp³-hybridized carbons (Fsp3) is 0. The van der Waals surface area contributed by atoms with Crippen LogP contribution in [0.15, 0.2) is 0 Å². The van der Waals surface area contributed by atoms with Crippen molar-refractivity contribution in [2.75, 3.05) is 0 Å². The number of hydrogen-bond acceptors (Lipinski definition) is 0. The van der Waals surface area contributed by atoms with Gasteiger partial charge in [0.05, 0.1) is 0 Å². The van der Waals surface area contributed by atoms with E-state index >= 15 is 0 Å². The topological polar surface area (TPSA) is 0 Å². The smallest absolute Gasteiger partial charge is 1.00 e. The zero-order valence-corrected chi connectivity index (χ0v) is 6.36. The van der Waals surface area contributed by atoms with Gasteiger partial charge in [-0.3, -0.25) is 0 Å². The fourth-order valence-corrected chi connectivity index (χ4v) is 0. The summed E-state index contributed by atoms with van der Waals surface area (Å²) in [4.78, 5) is 0. The van der Waals surface area contributed by atoms with Crippen LogP contribution >= 0.6 is 0 Å². The van der Waals surface area contributed by atoms with E-state index in [1.807, 2.05) is 0 Å². The van der Waals surface area contributed by atoms with E-state index in [0.717, 1.165) is 0 Å². The molecule has 0 amide bonds. The molecule has 0 saturated carbocycles. The fourth-order valence-electron chi connectivity index (χ4n) is 0. The molecule has 0 heterocycles. The van der Waals surface area contributed by atoms with Crippen LogP contribution in [0, 0.1) is 0 Å². The molecule has 0 nitrogen and oxygen atoms in total. The standard InChI is InChI=1S/3ClH.Zr.H/h3*1H;;/q;;;+4;-1/p-3. The van der Waals surface area contributed by atoms with Crippen LogP contribution in [0.5, 0.6) is 0 Å². The molecular weight excluding hydrogens is 198 g/mol. The largest absolute Gasteiger partial charge is 4.00 e. The Kier molecular flexibility index (Phi) is 230. The van der Waals surface area contributed by atoms with Gasteiger partial charge in [-0.1, -0.05) is 0 Å². The van der Waals surface area contributed by atoms with Crippen LogP contribution in [0.1, 0.15) is 1.43 Å². The Hall–Kier alpha value is 1.75. The van der Waals surface area contributed by atoms with Crippen LogP contribution in [0.4, 0.5) is 0 Å². The zero-order chi connectivity index (χ0) is 0. The summed E-state index contributed by atoms with van der Waals surface area (Å²) in [5.41, 5.74) is 0. The van der Waals surface area contributed by atoms with E-state index in [0.29, 0.717) is 0 Å². The van der Waals surface area contributed by atoms with E-state index in [2.05, 4.69) is 0 Å². The molecule has 4 heavy (non-hydrogen) atoms. The van der Waals surface area contributed by atoms with E-state index in [4.69, 9.17) is 0 Å². The number of hydrogen-bond donors (Lipinski definition) is 0. The van der Waals surface area contributed by atoms with Crippen LogP contribution in [0.2, 0.25) is 0 Å². The maximum absolute atomic E-state index is 0. The molecule has 4 heteroatoms. The third-order valence-electron chi connectivity index (χ3n) is 0. The van der Waals surface area contributed by atoms with Crippen molar-refractivity contribution in [2.45, 2.75) is 0 Å². The Balaban J connectivity index is 0. The van der Waals surface area contributed by atoms with E-state index in [1.165, 1.54) is 0 Å². The van der Waals surface area contributed by atoms with E-state index < -0.39 is 0 Å². The molecule has 26 valence electrons. The molecule has 0 aliphatic heterocycles. The Bertz CT molecular complexity index is 6.85. The summed E-state index contributed by atoms with van der Waals surface area (Å²) < 4.78 is 0. The van der Waals surface area contributed by atoms with Crippen molar-refractivity contribution in [3.8, 4) is 0 Å². The van der Waals surface area contributed by atoms with Crippen molar-refractivity contribution in [1.29, 1.82) is 0 Å². The second-order valence-electron chi connectivity index (χ2n) is 0. The van der Waals surface area contributed by atoms with E-state index in [9.17, 15) is 0 Å². The van der Waals surface area contributed by atoms with Crippen molar-refractivity contribution < 1.29 is 64.9 Å². The summed E-state index contributed by atoms with van der Waals surface area (Å²) >= 11 is 0. The molecule has 0 aromatic heterocycles. The molecule has 0 N–H and O–H groups in total. The average Bonchev–Trinajstić information content (AvgIpc) is 0. The van der Waals surface area contributed by atoms with E-state index in [-0.39, 0.29) is 64.9 Å². The summed E-state index contributed by atoms with van der Waals surface area (Å²) in [7, 11) is 0. The van der Waals surface area contributed by atoms with Gasteiger partial charge in [0, 0.05) is 0 Å². The molecule has 0 aromatic carbocycles. The van der Waals surface area contributed by atoms with Gasteiger partial charge in [-0.15, -0.1) is 0 Å². The van der Waals surface area contributed by atoms with Crippen molar-refractivity contribution in [2.24, 2.45) is 0 Å². The maximum Gasteiger partial charge on any atom is 4.00 e. The van der Waals surface area contributed by atoms with Crippen LogP contribution < -0.4 is 37.2 Å². The molecule has 0 unspecified atom stereocenters. The zero-order valence-electron chi connectivity index (χ0n) is 2.63. The van der Waals surface area contributed by atoms with Gasteiger partial charge < -0.3 is 38.6 Å². The predicted molar refractivity (Wildman–Crippen MR) is 1.11 cm³/mol. The second-order valence-corrected chi connectivity index (χ2v) is 0. The summed E-state index contributed by atoms with van der Waals surface area (Å²) in [6.45, 7) is 0. The number of halogens is 3. The molecule has 0 aliphatic rings. The molecular formula is HCl3Zr. The third kappa shape index (κ3) is 9.26. The predicted octanol–water partition coefficient (Wildman–Crippen LogP) is -8.88. The third-order valence-corrected chi connectivity index (χ3v) is 0. The van der Waals surface area contributed by atoms with Gasteiger partial charge in [-0.05, 0) is 0 Å². The van der Waals surface area contributed by atoms with Gasteiger partial charge in [-0.25, -0.2) is 0 Å². The molecule has 0 spiro atoms. The van der Waals surface area contributed by atoms with Crippen molar-refractivity contribution in [3.05, 3.63) is 0 Å². The first kappa shape index (κ1) is 42.3. The minimum atomic E-state index is 0. The average molecular weight is 199 g/mol. The Morgan fingerprint density at radius 1 is 0.750 bits per heavy atom. The van der Waals surface area contributed by atoms with Gasteiger partial charge in [0.25, 0.3) is 0 Å². The first-order chi connectivity index (χ1) is 0. The van der Waals surface area contributed by atoms with Crippen molar-refractivity contribution in [1.82, 2.24) is 0 Å². The molecule has 0 radical (unpaired) electrons. The van der Waals surface area contributed by atoms with Gasteiger partial charge in [-0.2, -0.15) is 0 Å². The van der Waals surface area contributed by atoms with Gasteiger partial charge in [0.1, 0.15) is 0 Å².